The lowest BCUT2D eigenvalue weighted by atomic mass is 9.93. The van der Waals surface area contributed by atoms with Crippen molar-refractivity contribution in [3.8, 4) is 0 Å². The van der Waals surface area contributed by atoms with Gasteiger partial charge in [-0.3, -0.25) is 9.59 Å². The molecule has 0 aromatic heterocycles. The Hall–Kier alpha value is -2.98. The zero-order valence-electron chi connectivity index (χ0n) is 12.2. The van der Waals surface area contributed by atoms with Crippen LogP contribution >= 0.6 is 0 Å². The highest BCUT2D eigenvalue weighted by Crippen LogP contribution is 2.32. The molecule has 1 aliphatic rings. The summed E-state index contributed by atoms with van der Waals surface area (Å²) in [7, 11) is 0. The Labute approximate surface area is 132 Å². The number of imide groups is 1. The first-order valence-electron chi connectivity index (χ1n) is 7.31. The van der Waals surface area contributed by atoms with E-state index in [1.165, 1.54) is 4.90 Å². The van der Waals surface area contributed by atoms with Crippen molar-refractivity contribution in [2.75, 3.05) is 4.90 Å². The van der Waals surface area contributed by atoms with Gasteiger partial charge in [0.15, 0.2) is 0 Å². The van der Waals surface area contributed by atoms with Crippen LogP contribution in [0.4, 0.5) is 5.69 Å². The maximum atomic E-state index is 12.9. The van der Waals surface area contributed by atoms with E-state index < -0.39 is 0 Å². The van der Waals surface area contributed by atoms with Gasteiger partial charge in [-0.25, -0.2) is 4.90 Å². The van der Waals surface area contributed by atoms with Gasteiger partial charge in [-0.05, 0) is 35.2 Å². The zero-order valence-corrected chi connectivity index (χ0v) is 12.2. The van der Waals surface area contributed by atoms with Crippen molar-refractivity contribution in [3.63, 3.8) is 0 Å². The Balaban J connectivity index is 1.95. The van der Waals surface area contributed by atoms with Crippen LogP contribution in [0.3, 0.4) is 0 Å². The van der Waals surface area contributed by atoms with E-state index in [2.05, 4.69) is 0 Å². The van der Waals surface area contributed by atoms with Crippen molar-refractivity contribution >= 4 is 28.3 Å². The molecule has 1 heterocycles. The van der Waals surface area contributed by atoms with Gasteiger partial charge < -0.3 is 5.11 Å². The molecule has 0 unspecified atom stereocenters. The van der Waals surface area contributed by atoms with E-state index in [-0.39, 0.29) is 18.4 Å². The molecular formula is C19H13NO3. The summed E-state index contributed by atoms with van der Waals surface area (Å²) >= 11 is 0. The molecule has 0 bridgehead atoms. The van der Waals surface area contributed by atoms with Crippen LogP contribution in [0.25, 0.3) is 10.8 Å². The second-order valence-electron chi connectivity index (χ2n) is 5.48. The summed E-state index contributed by atoms with van der Waals surface area (Å²) in [6, 6.07) is 17.7. The number of carbonyl (C=O) groups is 2. The van der Waals surface area contributed by atoms with Crippen LogP contribution in [-0.4, -0.2) is 16.9 Å². The Morgan fingerprint density at radius 2 is 1.43 bits per heavy atom. The Bertz CT molecular complexity index is 911. The third-order valence-electron chi connectivity index (χ3n) is 4.12. The Morgan fingerprint density at radius 1 is 0.826 bits per heavy atom. The molecule has 4 nitrogen and oxygen atoms in total. The molecule has 2 amide bonds. The smallest absolute Gasteiger partial charge is 0.265 e. The normalized spacial score (nSPS) is 13.7. The van der Waals surface area contributed by atoms with E-state index in [0.717, 1.165) is 5.39 Å². The highest BCUT2D eigenvalue weighted by molar-refractivity contribution is 6.35. The SMILES string of the molecule is O=C1c2cccc3cccc(c23)C(=O)N1c1cccc(CO)c1. The van der Waals surface area contributed by atoms with E-state index in [1.54, 1.807) is 36.4 Å². The summed E-state index contributed by atoms with van der Waals surface area (Å²) in [5.41, 5.74) is 2.16. The van der Waals surface area contributed by atoms with Gasteiger partial charge in [0.1, 0.15) is 0 Å². The van der Waals surface area contributed by atoms with E-state index in [4.69, 9.17) is 0 Å². The van der Waals surface area contributed by atoms with Crippen molar-refractivity contribution in [3.05, 3.63) is 77.4 Å². The molecule has 0 spiro atoms. The first-order chi connectivity index (χ1) is 11.2. The van der Waals surface area contributed by atoms with Gasteiger partial charge in [0.05, 0.1) is 12.3 Å². The number of amides is 2. The first kappa shape index (κ1) is 13.7. The van der Waals surface area contributed by atoms with Gasteiger partial charge in [0, 0.05) is 16.5 Å². The van der Waals surface area contributed by atoms with E-state index in [9.17, 15) is 14.7 Å². The fourth-order valence-electron chi connectivity index (χ4n) is 3.06. The number of rotatable bonds is 2. The molecule has 3 aromatic carbocycles. The number of carbonyl (C=O) groups excluding carboxylic acids is 2. The van der Waals surface area contributed by atoms with E-state index in [0.29, 0.717) is 27.8 Å². The third kappa shape index (κ3) is 1.96. The number of anilines is 1. The standard InChI is InChI=1S/C19H13NO3/c21-11-12-4-1-7-14(10-12)20-18(22)15-8-2-5-13-6-3-9-16(17(13)15)19(20)23/h1-10,21H,11H2. The topological polar surface area (TPSA) is 57.6 Å². The number of hydrogen-bond donors (Lipinski definition) is 1. The summed E-state index contributed by atoms with van der Waals surface area (Å²) in [5.74, 6) is -0.677. The molecule has 0 atom stereocenters. The highest BCUT2D eigenvalue weighted by Gasteiger charge is 2.33. The van der Waals surface area contributed by atoms with Crippen LogP contribution in [-0.2, 0) is 6.61 Å². The quantitative estimate of drug-likeness (QED) is 0.740. The van der Waals surface area contributed by atoms with Gasteiger partial charge in [-0.2, -0.15) is 0 Å². The highest BCUT2D eigenvalue weighted by atomic mass is 16.3. The second-order valence-corrected chi connectivity index (χ2v) is 5.48. The van der Waals surface area contributed by atoms with Gasteiger partial charge in [-0.15, -0.1) is 0 Å². The lowest BCUT2D eigenvalue weighted by Gasteiger charge is -2.27. The van der Waals surface area contributed by atoms with Crippen LogP contribution in [0.1, 0.15) is 26.3 Å². The molecule has 0 radical (unpaired) electrons. The maximum absolute atomic E-state index is 12.9. The van der Waals surface area contributed by atoms with Crippen LogP contribution in [0, 0.1) is 0 Å². The van der Waals surface area contributed by atoms with Crippen molar-refractivity contribution in [2.24, 2.45) is 0 Å². The molecule has 1 aliphatic heterocycles. The lowest BCUT2D eigenvalue weighted by molar-refractivity contribution is 0.0893. The van der Waals surface area contributed by atoms with Crippen molar-refractivity contribution in [2.45, 2.75) is 6.61 Å². The van der Waals surface area contributed by atoms with Crippen molar-refractivity contribution < 1.29 is 14.7 Å². The van der Waals surface area contributed by atoms with Crippen LogP contribution in [0.5, 0.6) is 0 Å². The number of benzene rings is 3. The Morgan fingerprint density at radius 3 is 2.04 bits per heavy atom. The monoisotopic (exact) mass is 303 g/mol. The average molecular weight is 303 g/mol. The summed E-state index contributed by atoms with van der Waals surface area (Å²) in [6.45, 7) is -0.143. The molecule has 23 heavy (non-hydrogen) atoms. The first-order valence-corrected chi connectivity index (χ1v) is 7.31. The van der Waals surface area contributed by atoms with Crippen molar-refractivity contribution in [1.29, 1.82) is 0 Å². The van der Waals surface area contributed by atoms with Crippen molar-refractivity contribution in [1.82, 2.24) is 0 Å². The fourth-order valence-corrected chi connectivity index (χ4v) is 3.06. The molecular weight excluding hydrogens is 290 g/mol. The number of aliphatic hydroxyl groups excluding tert-OH is 1. The van der Waals surface area contributed by atoms with E-state index in [1.807, 2.05) is 24.3 Å². The minimum absolute atomic E-state index is 0.143. The molecule has 0 saturated carbocycles. The van der Waals surface area contributed by atoms with Crippen LogP contribution in [0.2, 0.25) is 0 Å². The predicted molar refractivity (Wildman–Crippen MR) is 87.5 cm³/mol. The average Bonchev–Trinajstić information content (AvgIpc) is 2.60. The summed E-state index contributed by atoms with van der Waals surface area (Å²) < 4.78 is 0. The molecule has 3 aromatic rings. The summed E-state index contributed by atoms with van der Waals surface area (Å²) in [4.78, 5) is 26.9. The largest absolute Gasteiger partial charge is 0.392 e. The summed E-state index contributed by atoms with van der Waals surface area (Å²) in [6.07, 6.45) is 0. The maximum Gasteiger partial charge on any atom is 0.265 e. The minimum atomic E-state index is -0.339. The van der Waals surface area contributed by atoms with Crippen LogP contribution in [0.15, 0.2) is 60.7 Å². The second kappa shape index (κ2) is 5.04. The Kier molecular flexibility index (Phi) is 2.99. The van der Waals surface area contributed by atoms with Gasteiger partial charge in [-0.1, -0.05) is 36.4 Å². The third-order valence-corrected chi connectivity index (χ3v) is 4.12. The molecule has 1 N–H and O–H groups in total. The predicted octanol–water partition coefficient (Wildman–Crippen LogP) is 3.13. The molecule has 4 heteroatoms. The van der Waals surface area contributed by atoms with Gasteiger partial charge in [0.2, 0.25) is 0 Å². The number of hydrogen-bond acceptors (Lipinski definition) is 3. The lowest BCUT2D eigenvalue weighted by Crippen LogP contribution is -2.40. The van der Waals surface area contributed by atoms with Gasteiger partial charge in [0.25, 0.3) is 11.8 Å². The zero-order chi connectivity index (χ0) is 16.0. The van der Waals surface area contributed by atoms with Gasteiger partial charge >= 0.3 is 0 Å². The van der Waals surface area contributed by atoms with E-state index >= 15 is 0 Å². The van der Waals surface area contributed by atoms with Crippen LogP contribution < -0.4 is 4.90 Å². The number of nitrogens with zero attached hydrogens (tertiary/aromatic N) is 1. The molecule has 0 saturated heterocycles. The molecule has 4 rings (SSSR count). The summed E-state index contributed by atoms with van der Waals surface area (Å²) in [5, 5.41) is 10.9. The minimum Gasteiger partial charge on any atom is -0.392 e. The fraction of sp³-hybridized carbons (Fsp3) is 0.0526. The molecule has 0 aliphatic carbocycles. The molecule has 0 fully saturated rings. The molecule has 112 valence electrons. The number of aliphatic hydroxyl groups is 1.